The molecule has 3 amide bonds. The van der Waals surface area contributed by atoms with Crippen LogP contribution in [0.3, 0.4) is 0 Å². The predicted molar refractivity (Wildman–Crippen MR) is 149 cm³/mol. The number of imide groups is 1. The number of thioether (sulfide) groups is 1. The van der Waals surface area contributed by atoms with E-state index in [1.54, 1.807) is 29.2 Å². The highest BCUT2D eigenvalue weighted by atomic mass is 35.5. The number of halogens is 4. The van der Waals surface area contributed by atoms with Crippen LogP contribution in [0.25, 0.3) is 17.0 Å². The SMILES string of the molecule is CC(C)COC(=O)N1CC(CN2C(=O)SC(=Cc3ccc4c(cnn4Cc4ccc(Cl)cc4C(F)(F)F)c3)C2=O)C1. The summed E-state index contributed by atoms with van der Waals surface area (Å²) in [6.45, 7) is 5.17. The summed E-state index contributed by atoms with van der Waals surface area (Å²) in [5, 5.41) is 4.55. The summed E-state index contributed by atoms with van der Waals surface area (Å²) in [6, 6.07) is 8.83. The Bertz CT molecular complexity index is 1550. The van der Waals surface area contributed by atoms with Gasteiger partial charge in [0.25, 0.3) is 11.1 Å². The van der Waals surface area contributed by atoms with Gasteiger partial charge in [-0.3, -0.25) is 19.2 Å². The quantitative estimate of drug-likeness (QED) is 0.285. The van der Waals surface area contributed by atoms with Crippen molar-refractivity contribution in [2.45, 2.75) is 26.6 Å². The standard InChI is InChI=1S/C28H26ClF3N4O4S/c1-16(2)15-40-26(38)34-11-18(12-34)13-35-25(37)24(41-27(35)39)8-17-3-6-23-20(7-17)10-33-36(23)14-19-4-5-21(29)9-22(19)28(30,31)32/h3-10,16,18H,11-15H2,1-2H3. The Morgan fingerprint density at radius 1 is 1.20 bits per heavy atom. The fourth-order valence-corrected chi connectivity index (χ4v) is 5.68. The zero-order valence-corrected chi connectivity index (χ0v) is 23.7. The van der Waals surface area contributed by atoms with Crippen LogP contribution >= 0.6 is 23.4 Å². The Morgan fingerprint density at radius 2 is 1.95 bits per heavy atom. The van der Waals surface area contributed by atoms with Crippen LogP contribution in [0.1, 0.15) is 30.5 Å². The van der Waals surface area contributed by atoms with Gasteiger partial charge in [0.15, 0.2) is 0 Å². The Labute approximate surface area is 243 Å². The van der Waals surface area contributed by atoms with Crippen LogP contribution in [0.5, 0.6) is 0 Å². The van der Waals surface area contributed by atoms with Crippen LogP contribution in [-0.2, 0) is 22.3 Å². The van der Waals surface area contributed by atoms with E-state index in [1.165, 1.54) is 27.9 Å². The van der Waals surface area contributed by atoms with Gasteiger partial charge in [-0.2, -0.15) is 18.3 Å². The molecule has 0 aliphatic carbocycles. The number of hydrogen-bond donors (Lipinski definition) is 0. The van der Waals surface area contributed by atoms with E-state index in [0.717, 1.165) is 17.8 Å². The maximum Gasteiger partial charge on any atom is 0.416 e. The molecule has 0 N–H and O–H groups in total. The maximum absolute atomic E-state index is 13.5. The van der Waals surface area contributed by atoms with Gasteiger partial charge < -0.3 is 9.64 Å². The lowest BCUT2D eigenvalue weighted by molar-refractivity contribution is -0.138. The summed E-state index contributed by atoms with van der Waals surface area (Å²) in [7, 11) is 0. The van der Waals surface area contributed by atoms with Crippen molar-refractivity contribution in [1.82, 2.24) is 19.6 Å². The third-order valence-corrected chi connectivity index (χ3v) is 7.87. The lowest BCUT2D eigenvalue weighted by atomic mass is 10.0. The van der Waals surface area contributed by atoms with Crippen molar-refractivity contribution < 1.29 is 32.3 Å². The molecule has 0 bridgehead atoms. The number of carbonyl (C=O) groups is 3. The Balaban J connectivity index is 1.25. The monoisotopic (exact) mass is 606 g/mol. The van der Waals surface area contributed by atoms with E-state index in [9.17, 15) is 27.6 Å². The number of amides is 3. The van der Waals surface area contributed by atoms with Crippen molar-refractivity contribution in [3.05, 3.63) is 69.2 Å². The summed E-state index contributed by atoms with van der Waals surface area (Å²) < 4.78 is 47.3. The van der Waals surface area contributed by atoms with E-state index in [0.29, 0.717) is 36.2 Å². The van der Waals surface area contributed by atoms with Crippen molar-refractivity contribution in [2.24, 2.45) is 11.8 Å². The lowest BCUT2D eigenvalue weighted by Gasteiger charge is -2.39. The normalized spacial score (nSPS) is 17.3. The molecule has 1 aromatic heterocycles. The molecule has 216 valence electrons. The largest absolute Gasteiger partial charge is 0.449 e. The van der Waals surface area contributed by atoms with Crippen molar-refractivity contribution in [1.29, 1.82) is 0 Å². The maximum atomic E-state index is 13.5. The van der Waals surface area contributed by atoms with Crippen molar-refractivity contribution >= 4 is 57.6 Å². The number of carbonyl (C=O) groups excluding carboxylic acids is 3. The first-order chi connectivity index (χ1) is 19.4. The number of alkyl halides is 3. The second kappa shape index (κ2) is 11.4. The number of hydrogen-bond acceptors (Lipinski definition) is 6. The van der Waals surface area contributed by atoms with Crippen LogP contribution in [0.15, 0.2) is 47.5 Å². The van der Waals surface area contributed by atoms with Crippen molar-refractivity contribution in [3.63, 3.8) is 0 Å². The van der Waals surface area contributed by atoms with Gasteiger partial charge in [-0.05, 0) is 59.1 Å². The van der Waals surface area contributed by atoms with Gasteiger partial charge in [0, 0.05) is 36.0 Å². The Morgan fingerprint density at radius 3 is 2.66 bits per heavy atom. The van der Waals surface area contributed by atoms with Gasteiger partial charge >= 0.3 is 12.3 Å². The summed E-state index contributed by atoms with van der Waals surface area (Å²) in [5.41, 5.74) is 0.473. The highest BCUT2D eigenvalue weighted by Crippen LogP contribution is 2.36. The highest BCUT2D eigenvalue weighted by Gasteiger charge is 2.40. The summed E-state index contributed by atoms with van der Waals surface area (Å²) in [6.07, 6.45) is -1.80. The minimum absolute atomic E-state index is 0.00286. The fraction of sp³-hybridized carbons (Fsp3) is 0.357. The van der Waals surface area contributed by atoms with Crippen molar-refractivity contribution in [3.8, 4) is 0 Å². The molecule has 0 saturated carbocycles. The van der Waals surface area contributed by atoms with Gasteiger partial charge in [-0.25, -0.2) is 4.79 Å². The molecule has 2 fully saturated rings. The summed E-state index contributed by atoms with van der Waals surface area (Å²) in [4.78, 5) is 40.6. The first-order valence-electron chi connectivity index (χ1n) is 12.9. The van der Waals surface area contributed by atoms with Crippen LogP contribution in [0, 0.1) is 11.8 Å². The molecule has 0 atom stereocenters. The first-order valence-corrected chi connectivity index (χ1v) is 14.1. The van der Waals surface area contributed by atoms with E-state index in [2.05, 4.69) is 5.10 Å². The zero-order valence-electron chi connectivity index (χ0n) is 22.2. The number of benzene rings is 2. The predicted octanol–water partition coefficient (Wildman–Crippen LogP) is 6.52. The third kappa shape index (κ3) is 6.38. The molecule has 3 heterocycles. The first kappa shape index (κ1) is 29.0. The fourth-order valence-electron chi connectivity index (χ4n) is 4.66. The number of aromatic nitrogens is 2. The number of likely N-dealkylation sites (tertiary alicyclic amines) is 1. The topological polar surface area (TPSA) is 84.7 Å². The molecule has 8 nitrogen and oxygen atoms in total. The molecule has 2 aromatic carbocycles. The van der Waals surface area contributed by atoms with Crippen LogP contribution in [-0.4, -0.2) is 63.1 Å². The molecular formula is C28H26ClF3N4O4S. The smallest absolute Gasteiger partial charge is 0.416 e. The van der Waals surface area contributed by atoms with Crippen LogP contribution in [0.4, 0.5) is 22.8 Å². The molecule has 5 rings (SSSR count). The molecule has 2 aliphatic rings. The van der Waals surface area contributed by atoms with Crippen molar-refractivity contribution in [2.75, 3.05) is 26.2 Å². The molecule has 13 heteroatoms. The average molecular weight is 607 g/mol. The molecule has 41 heavy (non-hydrogen) atoms. The van der Waals surface area contributed by atoms with E-state index in [4.69, 9.17) is 16.3 Å². The van der Waals surface area contributed by atoms with E-state index < -0.39 is 23.7 Å². The van der Waals surface area contributed by atoms with E-state index in [-0.39, 0.29) is 45.7 Å². The van der Waals surface area contributed by atoms with E-state index >= 15 is 0 Å². The Kier molecular flexibility index (Phi) is 8.06. The molecule has 0 spiro atoms. The van der Waals surface area contributed by atoms with E-state index in [1.807, 2.05) is 13.8 Å². The Hall–Kier alpha value is -3.51. The molecule has 0 unspecified atom stereocenters. The second-order valence-corrected chi connectivity index (χ2v) is 11.9. The molecular weight excluding hydrogens is 581 g/mol. The van der Waals surface area contributed by atoms with Crippen LogP contribution < -0.4 is 0 Å². The van der Waals surface area contributed by atoms with Gasteiger partial charge in [0.1, 0.15) is 0 Å². The molecule has 2 aliphatic heterocycles. The minimum Gasteiger partial charge on any atom is -0.449 e. The lowest BCUT2D eigenvalue weighted by Crippen LogP contribution is -2.54. The minimum atomic E-state index is -4.56. The highest BCUT2D eigenvalue weighted by molar-refractivity contribution is 8.18. The number of fused-ring (bicyclic) bond motifs is 1. The zero-order chi connectivity index (χ0) is 29.5. The van der Waals surface area contributed by atoms with Gasteiger partial charge in [0.2, 0.25) is 0 Å². The van der Waals surface area contributed by atoms with Crippen LogP contribution in [0.2, 0.25) is 5.02 Å². The molecule has 2 saturated heterocycles. The second-order valence-electron chi connectivity index (χ2n) is 10.5. The number of rotatable bonds is 7. The summed E-state index contributed by atoms with van der Waals surface area (Å²) >= 11 is 6.63. The van der Waals surface area contributed by atoms with Gasteiger partial charge in [0.05, 0.1) is 35.3 Å². The number of ether oxygens (including phenoxy) is 1. The average Bonchev–Trinajstić information content (AvgIpc) is 3.39. The molecule has 0 radical (unpaired) electrons. The third-order valence-electron chi connectivity index (χ3n) is 6.73. The number of nitrogens with zero attached hydrogens (tertiary/aromatic N) is 4. The molecule has 3 aromatic rings. The van der Waals surface area contributed by atoms with Gasteiger partial charge in [-0.15, -0.1) is 0 Å². The summed E-state index contributed by atoms with van der Waals surface area (Å²) in [5.74, 6) is -0.190. The van der Waals surface area contributed by atoms with Gasteiger partial charge in [-0.1, -0.05) is 37.6 Å².